The van der Waals surface area contributed by atoms with E-state index in [2.05, 4.69) is 44.9 Å². The summed E-state index contributed by atoms with van der Waals surface area (Å²) >= 11 is 0. The lowest BCUT2D eigenvalue weighted by Crippen LogP contribution is -2.50. The first-order valence-electron chi connectivity index (χ1n) is 12.8. The molecule has 5 nitrogen and oxygen atoms in total. The number of esters is 1. The van der Waals surface area contributed by atoms with E-state index in [4.69, 9.17) is 4.74 Å². The van der Waals surface area contributed by atoms with Crippen LogP contribution in [0, 0.1) is 28.6 Å². The Morgan fingerprint density at radius 2 is 1.94 bits per heavy atom. The van der Waals surface area contributed by atoms with E-state index < -0.39 is 0 Å². The highest BCUT2D eigenvalue weighted by atomic mass is 16.5. The summed E-state index contributed by atoms with van der Waals surface area (Å²) < 4.78 is 7.58. The van der Waals surface area contributed by atoms with Crippen LogP contribution in [0.4, 0.5) is 0 Å². The predicted octanol–water partition coefficient (Wildman–Crippen LogP) is 5.92. The Kier molecular flexibility index (Phi) is 5.45. The number of aromatic nitrogens is 2. The Balaban J connectivity index is 1.43. The third-order valence-electron chi connectivity index (χ3n) is 9.54. The van der Waals surface area contributed by atoms with Crippen LogP contribution in [0.5, 0.6) is 0 Å². The predicted molar refractivity (Wildman–Crippen MR) is 128 cm³/mol. The van der Waals surface area contributed by atoms with Gasteiger partial charge in [0.05, 0.1) is 5.69 Å². The molecule has 33 heavy (non-hydrogen) atoms. The third kappa shape index (κ3) is 3.54. The van der Waals surface area contributed by atoms with Crippen molar-refractivity contribution >= 4 is 17.8 Å². The van der Waals surface area contributed by atoms with Crippen molar-refractivity contribution in [2.45, 2.75) is 91.7 Å². The molecule has 0 spiro atoms. The first-order chi connectivity index (χ1) is 15.6. The van der Waals surface area contributed by atoms with Crippen molar-refractivity contribution in [1.82, 2.24) is 9.78 Å². The van der Waals surface area contributed by atoms with E-state index in [1.807, 2.05) is 16.9 Å². The zero-order valence-electron chi connectivity index (χ0n) is 20.8. The lowest BCUT2D eigenvalue weighted by molar-refractivity contribution is -0.148. The highest BCUT2D eigenvalue weighted by molar-refractivity contribution is 6.05. The summed E-state index contributed by atoms with van der Waals surface area (Å²) in [6, 6.07) is 2.29. The molecule has 0 radical (unpaired) electrons. The van der Waals surface area contributed by atoms with Crippen LogP contribution in [0.2, 0.25) is 0 Å². The van der Waals surface area contributed by atoms with E-state index in [9.17, 15) is 9.59 Å². The molecule has 4 aliphatic carbocycles. The van der Waals surface area contributed by atoms with Gasteiger partial charge in [0.15, 0.2) is 5.78 Å². The Morgan fingerprint density at radius 3 is 2.67 bits per heavy atom. The van der Waals surface area contributed by atoms with Crippen LogP contribution in [-0.2, 0) is 14.3 Å². The largest absolute Gasteiger partial charge is 0.462 e. The molecule has 5 heteroatoms. The fourth-order valence-electron chi connectivity index (χ4n) is 7.81. The van der Waals surface area contributed by atoms with Gasteiger partial charge in [0.1, 0.15) is 6.10 Å². The van der Waals surface area contributed by atoms with Gasteiger partial charge in [-0.05, 0) is 93.3 Å². The Bertz CT molecular complexity index is 1030. The van der Waals surface area contributed by atoms with Crippen molar-refractivity contribution < 1.29 is 14.3 Å². The van der Waals surface area contributed by atoms with Crippen LogP contribution in [0.3, 0.4) is 0 Å². The average Bonchev–Trinajstić information content (AvgIpc) is 3.32. The van der Waals surface area contributed by atoms with Gasteiger partial charge in [0.2, 0.25) is 0 Å². The van der Waals surface area contributed by atoms with Crippen LogP contribution >= 0.6 is 0 Å². The van der Waals surface area contributed by atoms with Crippen molar-refractivity contribution in [3.63, 3.8) is 0 Å². The lowest BCUT2D eigenvalue weighted by atomic mass is 9.48. The number of ketones is 1. The number of carbonyl (C=O) groups excluding carboxylic acids is 2. The van der Waals surface area contributed by atoms with Crippen molar-refractivity contribution in [1.29, 1.82) is 0 Å². The molecule has 0 bridgehead atoms. The zero-order chi connectivity index (χ0) is 23.5. The number of hydrogen-bond acceptors (Lipinski definition) is 4. The summed E-state index contributed by atoms with van der Waals surface area (Å²) in [6.07, 6.45) is 13.4. The standard InChI is InChI=1S/C28H38N2O3/c1-17(2)30-21(10-13-29-30)14-19-15-25-23-7-6-20-16-22(33-18(3)31)8-11-27(20,4)24(23)9-12-28(25,5)26(19)32/h6,10,13-14,17,22-25H,7-9,11-12,15-16H2,1-5H3/b19-14+/t22-,23+,24-,25-,27+,28+/m1/s1. The van der Waals surface area contributed by atoms with Gasteiger partial charge in [-0.25, -0.2) is 0 Å². The van der Waals surface area contributed by atoms with Gasteiger partial charge in [-0.1, -0.05) is 25.5 Å². The third-order valence-corrected chi connectivity index (χ3v) is 9.54. The van der Waals surface area contributed by atoms with E-state index in [0.29, 0.717) is 23.5 Å². The molecular weight excluding hydrogens is 412 g/mol. The van der Waals surface area contributed by atoms with E-state index >= 15 is 0 Å². The minimum Gasteiger partial charge on any atom is -0.462 e. The number of allylic oxidation sites excluding steroid dienone is 2. The molecule has 0 N–H and O–H groups in total. The first kappa shape index (κ1) is 22.6. The summed E-state index contributed by atoms with van der Waals surface area (Å²) in [5.41, 5.74) is 3.45. The lowest BCUT2D eigenvalue weighted by Gasteiger charge is -2.56. The molecule has 0 aliphatic heterocycles. The average molecular weight is 451 g/mol. The first-order valence-corrected chi connectivity index (χ1v) is 12.8. The van der Waals surface area contributed by atoms with Gasteiger partial charge >= 0.3 is 5.97 Å². The molecule has 178 valence electrons. The number of Topliss-reactive ketones (excluding diaryl/α,β-unsaturated/α-hetero) is 1. The minimum atomic E-state index is -0.244. The zero-order valence-corrected chi connectivity index (χ0v) is 20.8. The van der Waals surface area contributed by atoms with Crippen molar-refractivity contribution in [3.8, 4) is 0 Å². The molecule has 3 fully saturated rings. The maximum Gasteiger partial charge on any atom is 0.302 e. The Labute approximate surface area is 197 Å². The highest BCUT2D eigenvalue weighted by Gasteiger charge is 2.60. The van der Waals surface area contributed by atoms with Gasteiger partial charge in [-0.2, -0.15) is 5.10 Å². The molecule has 0 aromatic carbocycles. The summed E-state index contributed by atoms with van der Waals surface area (Å²) in [7, 11) is 0. The fraction of sp³-hybridized carbons (Fsp3) is 0.679. The van der Waals surface area contributed by atoms with E-state index in [-0.39, 0.29) is 28.9 Å². The molecule has 0 unspecified atom stereocenters. The van der Waals surface area contributed by atoms with Crippen LogP contribution in [0.1, 0.15) is 91.3 Å². The second kappa shape index (κ2) is 7.95. The van der Waals surface area contributed by atoms with E-state index in [1.54, 1.807) is 0 Å². The number of hydrogen-bond donors (Lipinski definition) is 0. The highest BCUT2D eigenvalue weighted by Crippen LogP contribution is 2.64. The molecule has 0 saturated heterocycles. The number of fused-ring (bicyclic) bond motifs is 5. The van der Waals surface area contributed by atoms with Crippen molar-refractivity contribution in [2.24, 2.45) is 28.6 Å². The van der Waals surface area contributed by atoms with E-state index in [0.717, 1.165) is 56.2 Å². The quantitative estimate of drug-likeness (QED) is 0.326. The smallest absolute Gasteiger partial charge is 0.302 e. The van der Waals surface area contributed by atoms with Crippen molar-refractivity contribution in [3.05, 3.63) is 35.2 Å². The maximum atomic E-state index is 13.7. The van der Waals surface area contributed by atoms with Crippen LogP contribution in [0.15, 0.2) is 29.5 Å². The summed E-state index contributed by atoms with van der Waals surface area (Å²) in [5, 5.41) is 4.46. The molecule has 6 atom stereocenters. The molecule has 4 aliphatic rings. The molecule has 0 amide bonds. The topological polar surface area (TPSA) is 61.2 Å². The second-order valence-electron chi connectivity index (χ2n) is 11.7. The SMILES string of the molecule is CC(=O)O[C@@H]1CC[C@@]2(C)C(=CC[C@H]3[C@H]2CC[C@]2(C)C(=O)/C(=C/c4ccnn4C(C)C)C[C@H]32)C1. The summed E-state index contributed by atoms with van der Waals surface area (Å²) in [4.78, 5) is 25.2. The van der Waals surface area contributed by atoms with Crippen molar-refractivity contribution in [2.75, 3.05) is 0 Å². The number of nitrogens with zero attached hydrogens (tertiary/aromatic N) is 2. The maximum absolute atomic E-state index is 13.7. The summed E-state index contributed by atoms with van der Waals surface area (Å²) in [5.74, 6) is 1.76. The van der Waals surface area contributed by atoms with Crippen LogP contribution in [0.25, 0.3) is 6.08 Å². The van der Waals surface area contributed by atoms with Gasteiger partial charge in [-0.3, -0.25) is 14.3 Å². The number of rotatable bonds is 3. The van der Waals surface area contributed by atoms with Crippen LogP contribution in [-0.4, -0.2) is 27.6 Å². The Morgan fingerprint density at radius 1 is 1.18 bits per heavy atom. The second-order valence-corrected chi connectivity index (χ2v) is 11.7. The summed E-state index contributed by atoms with van der Waals surface area (Å²) in [6.45, 7) is 10.4. The molecule has 1 heterocycles. The number of carbonyl (C=O) groups is 2. The van der Waals surface area contributed by atoms with Gasteiger partial charge in [0.25, 0.3) is 0 Å². The molecular formula is C28H38N2O3. The molecule has 1 aromatic rings. The number of ether oxygens (including phenoxy) is 1. The van der Waals surface area contributed by atoms with Gasteiger partial charge in [0, 0.05) is 31.0 Å². The Hall–Kier alpha value is -2.17. The van der Waals surface area contributed by atoms with Gasteiger partial charge < -0.3 is 4.74 Å². The van der Waals surface area contributed by atoms with Crippen LogP contribution < -0.4 is 0 Å². The van der Waals surface area contributed by atoms with E-state index in [1.165, 1.54) is 12.5 Å². The normalized spacial score (nSPS) is 39.2. The molecule has 1 aromatic heterocycles. The molecule has 3 saturated carbocycles. The molecule has 5 rings (SSSR count). The fourth-order valence-corrected chi connectivity index (χ4v) is 7.81. The minimum absolute atomic E-state index is 0.0284. The van der Waals surface area contributed by atoms with Gasteiger partial charge in [-0.15, -0.1) is 0 Å². The monoisotopic (exact) mass is 450 g/mol.